The largest absolute Gasteiger partial charge is 0.395 e. The molecule has 0 aromatic carbocycles. The van der Waals surface area contributed by atoms with E-state index in [-0.39, 0.29) is 18.6 Å². The van der Waals surface area contributed by atoms with Gasteiger partial charge in [-0.25, -0.2) is 0 Å². The number of nitrogens with one attached hydrogen (secondary N) is 1. The average Bonchev–Trinajstić information content (AvgIpc) is 2.89. The number of anilines is 1. The van der Waals surface area contributed by atoms with Crippen LogP contribution in [0.3, 0.4) is 0 Å². The van der Waals surface area contributed by atoms with Crippen LogP contribution in [0.4, 0.5) is 5.69 Å². The lowest BCUT2D eigenvalue weighted by molar-refractivity contribution is 0.105. The second kappa shape index (κ2) is 6.52. The van der Waals surface area contributed by atoms with Gasteiger partial charge < -0.3 is 20.4 Å². The van der Waals surface area contributed by atoms with Crippen molar-refractivity contribution in [2.75, 3.05) is 31.1 Å². The number of aliphatic hydroxyl groups is 2. The van der Waals surface area contributed by atoms with Gasteiger partial charge in [0.1, 0.15) is 0 Å². The summed E-state index contributed by atoms with van der Waals surface area (Å²) < 4.78 is 0. The molecule has 3 N–H and O–H groups in total. The highest BCUT2D eigenvalue weighted by molar-refractivity contribution is 7.08. The first-order valence-corrected chi connectivity index (χ1v) is 7.44. The average molecular weight is 270 g/mol. The second-order valence-corrected chi connectivity index (χ2v) is 5.78. The molecule has 1 aliphatic rings. The Morgan fingerprint density at radius 2 is 2.39 bits per heavy atom. The van der Waals surface area contributed by atoms with Crippen molar-refractivity contribution >= 4 is 17.0 Å². The number of nitrogens with zero attached hydrogens (tertiary/aromatic N) is 1. The Kier molecular flexibility index (Phi) is 5.00. The zero-order valence-corrected chi connectivity index (χ0v) is 11.6. The van der Waals surface area contributed by atoms with Crippen LogP contribution in [0.5, 0.6) is 0 Å². The van der Waals surface area contributed by atoms with Gasteiger partial charge in [-0.1, -0.05) is 0 Å². The Bertz CT molecular complexity index is 343. The van der Waals surface area contributed by atoms with E-state index in [0.717, 1.165) is 19.5 Å². The zero-order valence-electron chi connectivity index (χ0n) is 10.7. The van der Waals surface area contributed by atoms with Crippen LogP contribution in [-0.4, -0.2) is 48.6 Å². The predicted molar refractivity (Wildman–Crippen MR) is 75.2 cm³/mol. The number of hydrogen-bond acceptors (Lipinski definition) is 5. The molecule has 0 bridgehead atoms. The molecule has 4 nitrogen and oxygen atoms in total. The van der Waals surface area contributed by atoms with Crippen LogP contribution in [0, 0.1) is 5.92 Å². The van der Waals surface area contributed by atoms with Crippen LogP contribution < -0.4 is 10.2 Å². The lowest BCUT2D eigenvalue weighted by atomic mass is 9.90. The smallest absolute Gasteiger partial charge is 0.0557 e. The number of hydrogen-bond donors (Lipinski definition) is 3. The fraction of sp³-hybridized carbons (Fsp3) is 0.692. The maximum atomic E-state index is 9.83. The molecule has 1 aromatic rings. The lowest BCUT2D eigenvalue weighted by Crippen LogP contribution is -2.52. The molecule has 0 spiro atoms. The molecule has 1 fully saturated rings. The summed E-state index contributed by atoms with van der Waals surface area (Å²) in [5.41, 5.74) is 1.24. The summed E-state index contributed by atoms with van der Waals surface area (Å²) in [7, 11) is 0. The van der Waals surface area contributed by atoms with Gasteiger partial charge in [-0.05, 0) is 24.8 Å². The minimum absolute atomic E-state index is 0.161. The summed E-state index contributed by atoms with van der Waals surface area (Å²) in [5.74, 6) is 0.287. The number of piperidine rings is 1. The summed E-state index contributed by atoms with van der Waals surface area (Å²) in [6.07, 6.45) is 0.683. The summed E-state index contributed by atoms with van der Waals surface area (Å²) in [6.45, 7) is 4.50. The quantitative estimate of drug-likeness (QED) is 0.744. The molecule has 2 heterocycles. The maximum absolute atomic E-state index is 9.83. The van der Waals surface area contributed by atoms with E-state index in [9.17, 15) is 5.11 Å². The van der Waals surface area contributed by atoms with Gasteiger partial charge in [0.25, 0.3) is 0 Å². The molecule has 0 amide bonds. The minimum atomic E-state index is -0.287. The van der Waals surface area contributed by atoms with Crippen LogP contribution in [0.2, 0.25) is 0 Å². The fourth-order valence-corrected chi connectivity index (χ4v) is 3.22. The zero-order chi connectivity index (χ0) is 13.0. The molecule has 1 aromatic heterocycles. The first kappa shape index (κ1) is 13.8. The molecule has 0 saturated carbocycles. The van der Waals surface area contributed by atoms with Crippen LogP contribution in [0.25, 0.3) is 0 Å². The van der Waals surface area contributed by atoms with Crippen molar-refractivity contribution in [3.63, 3.8) is 0 Å². The van der Waals surface area contributed by atoms with Crippen molar-refractivity contribution in [2.45, 2.75) is 25.5 Å². The monoisotopic (exact) mass is 270 g/mol. The van der Waals surface area contributed by atoms with Crippen LogP contribution in [0.1, 0.15) is 13.3 Å². The number of thiophene rings is 1. The van der Waals surface area contributed by atoms with E-state index in [2.05, 4.69) is 27.0 Å². The molecule has 102 valence electrons. The number of rotatable bonds is 5. The lowest BCUT2D eigenvalue weighted by Gasteiger charge is -2.40. The third-order valence-corrected chi connectivity index (χ3v) is 4.25. The third-order valence-electron chi connectivity index (χ3n) is 3.58. The van der Waals surface area contributed by atoms with E-state index in [0.29, 0.717) is 12.6 Å². The maximum Gasteiger partial charge on any atom is 0.0557 e. The van der Waals surface area contributed by atoms with Gasteiger partial charge in [0.2, 0.25) is 0 Å². The summed E-state index contributed by atoms with van der Waals surface area (Å²) >= 11 is 1.70. The van der Waals surface area contributed by atoms with E-state index in [1.807, 2.05) is 6.92 Å². The van der Waals surface area contributed by atoms with Gasteiger partial charge in [-0.3, -0.25) is 0 Å². The first-order chi connectivity index (χ1) is 8.70. The predicted octanol–water partition coefficient (Wildman–Crippen LogP) is 0.906. The van der Waals surface area contributed by atoms with Gasteiger partial charge in [0.05, 0.1) is 12.7 Å². The van der Waals surface area contributed by atoms with Crippen LogP contribution in [-0.2, 0) is 0 Å². The standard InChI is InChI=1S/C13H22N2O2S/c1-10(17)11-6-12(14-3-4-16)8-15(7-11)13-2-5-18-9-13/h2,5,9-12,14,16-17H,3-4,6-8H2,1H3. The molecule has 2 rings (SSSR count). The van der Waals surface area contributed by atoms with E-state index in [1.165, 1.54) is 5.69 Å². The van der Waals surface area contributed by atoms with Crippen LogP contribution in [0.15, 0.2) is 16.8 Å². The molecule has 0 aliphatic carbocycles. The summed E-state index contributed by atoms with van der Waals surface area (Å²) in [5, 5.41) is 26.3. The van der Waals surface area contributed by atoms with Crippen molar-refractivity contribution in [3.05, 3.63) is 16.8 Å². The van der Waals surface area contributed by atoms with Gasteiger partial charge in [0.15, 0.2) is 0 Å². The molecule has 3 unspecified atom stereocenters. The highest BCUT2D eigenvalue weighted by Crippen LogP contribution is 2.26. The topological polar surface area (TPSA) is 55.7 Å². The normalized spacial score (nSPS) is 26.3. The van der Waals surface area contributed by atoms with Gasteiger partial charge >= 0.3 is 0 Å². The highest BCUT2D eigenvalue weighted by atomic mass is 32.1. The molecule has 18 heavy (non-hydrogen) atoms. The fourth-order valence-electron chi connectivity index (χ4n) is 2.55. The van der Waals surface area contributed by atoms with Crippen molar-refractivity contribution in [1.82, 2.24) is 5.32 Å². The summed E-state index contributed by atoms with van der Waals surface area (Å²) in [4.78, 5) is 2.33. The van der Waals surface area contributed by atoms with Crippen LogP contribution >= 0.6 is 11.3 Å². The van der Waals surface area contributed by atoms with Gasteiger partial charge in [-0.2, -0.15) is 11.3 Å². The first-order valence-electron chi connectivity index (χ1n) is 6.50. The Hall–Kier alpha value is -0.620. The molecule has 1 saturated heterocycles. The minimum Gasteiger partial charge on any atom is -0.395 e. The van der Waals surface area contributed by atoms with Crippen molar-refractivity contribution in [3.8, 4) is 0 Å². The Morgan fingerprint density at radius 3 is 3.00 bits per heavy atom. The number of aliphatic hydroxyl groups excluding tert-OH is 2. The molecule has 1 aliphatic heterocycles. The van der Waals surface area contributed by atoms with E-state index in [4.69, 9.17) is 5.11 Å². The second-order valence-electron chi connectivity index (χ2n) is 5.00. The van der Waals surface area contributed by atoms with Gasteiger partial charge in [-0.15, -0.1) is 0 Å². The Morgan fingerprint density at radius 1 is 1.56 bits per heavy atom. The van der Waals surface area contributed by atoms with Crippen molar-refractivity contribution in [1.29, 1.82) is 0 Å². The van der Waals surface area contributed by atoms with Crippen molar-refractivity contribution < 1.29 is 10.2 Å². The highest BCUT2D eigenvalue weighted by Gasteiger charge is 2.29. The van der Waals surface area contributed by atoms with E-state index >= 15 is 0 Å². The molecule has 5 heteroatoms. The molecular weight excluding hydrogens is 248 g/mol. The van der Waals surface area contributed by atoms with E-state index in [1.54, 1.807) is 11.3 Å². The van der Waals surface area contributed by atoms with E-state index < -0.39 is 0 Å². The molecule has 3 atom stereocenters. The molecule has 0 radical (unpaired) electrons. The summed E-state index contributed by atoms with van der Waals surface area (Å²) in [6, 6.07) is 2.46. The molecular formula is C13H22N2O2S. The third kappa shape index (κ3) is 3.45. The van der Waals surface area contributed by atoms with Gasteiger partial charge in [0, 0.05) is 42.7 Å². The SMILES string of the molecule is CC(O)C1CC(NCCO)CN(c2ccsc2)C1. The van der Waals surface area contributed by atoms with Crippen molar-refractivity contribution in [2.24, 2.45) is 5.92 Å². The Labute approximate surface area is 112 Å². The Balaban J connectivity index is 2.02.